The molecule has 0 aliphatic heterocycles. The highest BCUT2D eigenvalue weighted by atomic mass is 16.5. The van der Waals surface area contributed by atoms with Gasteiger partial charge in [-0.2, -0.15) is 0 Å². The van der Waals surface area contributed by atoms with Crippen LogP contribution in [-0.4, -0.2) is 6.61 Å². The van der Waals surface area contributed by atoms with Crippen LogP contribution in [0.3, 0.4) is 0 Å². The molecule has 16 heavy (non-hydrogen) atoms. The lowest BCUT2D eigenvalue weighted by Gasteiger charge is -2.10. The molecule has 0 spiro atoms. The first-order valence-electron chi connectivity index (χ1n) is 5.72. The van der Waals surface area contributed by atoms with Gasteiger partial charge in [0.1, 0.15) is 5.75 Å². The minimum atomic E-state index is 0.754. The summed E-state index contributed by atoms with van der Waals surface area (Å²) in [5, 5.41) is 2.27. The van der Waals surface area contributed by atoms with Crippen LogP contribution in [0, 0.1) is 0 Å². The van der Waals surface area contributed by atoms with E-state index in [9.17, 15) is 0 Å². The van der Waals surface area contributed by atoms with Crippen LogP contribution in [0.4, 0.5) is 5.69 Å². The van der Waals surface area contributed by atoms with Crippen LogP contribution in [0.2, 0.25) is 0 Å². The number of benzene rings is 2. The molecule has 2 nitrogen and oxygen atoms in total. The monoisotopic (exact) mass is 215 g/mol. The van der Waals surface area contributed by atoms with Crippen molar-refractivity contribution in [2.75, 3.05) is 12.3 Å². The summed E-state index contributed by atoms with van der Waals surface area (Å²) in [6.07, 6.45) is 2.21. The molecule has 2 heteroatoms. The van der Waals surface area contributed by atoms with Crippen molar-refractivity contribution in [1.82, 2.24) is 0 Å². The summed E-state index contributed by atoms with van der Waals surface area (Å²) in [7, 11) is 0. The van der Waals surface area contributed by atoms with Crippen LogP contribution in [0.15, 0.2) is 36.4 Å². The van der Waals surface area contributed by atoms with Crippen molar-refractivity contribution in [3.8, 4) is 5.75 Å². The number of anilines is 1. The van der Waals surface area contributed by atoms with E-state index >= 15 is 0 Å². The molecule has 0 fully saturated rings. The maximum atomic E-state index is 5.85. The molecule has 0 bridgehead atoms. The molecule has 0 heterocycles. The van der Waals surface area contributed by atoms with Crippen molar-refractivity contribution in [1.29, 1.82) is 0 Å². The fraction of sp³-hybridized carbons (Fsp3) is 0.286. The van der Waals surface area contributed by atoms with Crippen molar-refractivity contribution in [2.24, 2.45) is 0 Å². The van der Waals surface area contributed by atoms with Gasteiger partial charge in [0.05, 0.1) is 6.61 Å². The molecule has 2 aromatic carbocycles. The Morgan fingerprint density at radius 2 is 2.00 bits per heavy atom. The second-order valence-electron chi connectivity index (χ2n) is 3.94. The lowest BCUT2D eigenvalue weighted by molar-refractivity contribution is 0.313. The van der Waals surface area contributed by atoms with E-state index in [-0.39, 0.29) is 0 Å². The molecule has 84 valence electrons. The van der Waals surface area contributed by atoms with E-state index in [4.69, 9.17) is 10.5 Å². The summed E-state index contributed by atoms with van der Waals surface area (Å²) >= 11 is 0. The Hall–Kier alpha value is -1.70. The molecule has 0 saturated carbocycles. The van der Waals surface area contributed by atoms with Gasteiger partial charge in [-0.15, -0.1) is 0 Å². The quantitative estimate of drug-likeness (QED) is 0.624. The molecule has 0 aromatic heterocycles. The normalized spacial score (nSPS) is 10.6. The minimum absolute atomic E-state index is 0.754. The van der Waals surface area contributed by atoms with Crippen molar-refractivity contribution in [3.05, 3.63) is 36.4 Å². The smallest absolute Gasteiger partial charge is 0.129 e. The van der Waals surface area contributed by atoms with Crippen molar-refractivity contribution >= 4 is 16.5 Å². The fourth-order valence-corrected chi connectivity index (χ4v) is 1.74. The number of unbranched alkanes of at least 4 members (excludes halogenated alkanes) is 1. The number of ether oxygens (including phenoxy) is 1. The van der Waals surface area contributed by atoms with Gasteiger partial charge in [0.15, 0.2) is 0 Å². The number of hydrogen-bond donors (Lipinski definition) is 1. The SMILES string of the molecule is CCCCOc1cc(N)cc2ccccc12. The average Bonchev–Trinajstić information content (AvgIpc) is 2.29. The average molecular weight is 215 g/mol. The molecule has 0 unspecified atom stereocenters. The minimum Gasteiger partial charge on any atom is -0.493 e. The summed E-state index contributed by atoms with van der Waals surface area (Å²) in [5.41, 5.74) is 6.60. The van der Waals surface area contributed by atoms with Gasteiger partial charge in [-0.25, -0.2) is 0 Å². The first-order valence-corrected chi connectivity index (χ1v) is 5.72. The molecule has 0 radical (unpaired) electrons. The third-order valence-electron chi connectivity index (χ3n) is 2.60. The maximum Gasteiger partial charge on any atom is 0.129 e. The maximum absolute atomic E-state index is 5.85. The van der Waals surface area contributed by atoms with Crippen molar-refractivity contribution < 1.29 is 4.74 Å². The highest BCUT2D eigenvalue weighted by Crippen LogP contribution is 2.28. The zero-order valence-corrected chi connectivity index (χ0v) is 9.57. The molecule has 2 N–H and O–H groups in total. The summed E-state index contributed by atoms with van der Waals surface area (Å²) in [5.74, 6) is 0.893. The fourth-order valence-electron chi connectivity index (χ4n) is 1.74. The molecular weight excluding hydrogens is 198 g/mol. The summed E-state index contributed by atoms with van der Waals surface area (Å²) in [6.45, 7) is 2.91. The second kappa shape index (κ2) is 4.88. The van der Waals surface area contributed by atoms with Gasteiger partial charge in [0.25, 0.3) is 0 Å². The molecule has 0 amide bonds. The van der Waals surface area contributed by atoms with Gasteiger partial charge in [-0.1, -0.05) is 37.6 Å². The van der Waals surface area contributed by atoms with Crippen LogP contribution < -0.4 is 10.5 Å². The van der Waals surface area contributed by atoms with Crippen LogP contribution >= 0.6 is 0 Å². The lowest BCUT2D eigenvalue weighted by atomic mass is 10.1. The van der Waals surface area contributed by atoms with Gasteiger partial charge in [-0.3, -0.25) is 0 Å². The zero-order chi connectivity index (χ0) is 11.4. The first-order chi connectivity index (χ1) is 7.81. The van der Waals surface area contributed by atoms with Gasteiger partial charge in [-0.05, 0) is 17.9 Å². The second-order valence-corrected chi connectivity index (χ2v) is 3.94. The summed E-state index contributed by atoms with van der Waals surface area (Å²) in [4.78, 5) is 0. The number of nitrogen functional groups attached to an aromatic ring is 1. The molecule has 2 aromatic rings. The van der Waals surface area contributed by atoms with E-state index in [2.05, 4.69) is 19.1 Å². The van der Waals surface area contributed by atoms with Gasteiger partial charge >= 0.3 is 0 Å². The molecule has 0 aliphatic carbocycles. The van der Waals surface area contributed by atoms with Crippen LogP contribution in [-0.2, 0) is 0 Å². The highest BCUT2D eigenvalue weighted by molar-refractivity contribution is 5.91. The Bertz CT molecular complexity index is 479. The Balaban J connectivity index is 2.34. The Labute approximate surface area is 96.0 Å². The van der Waals surface area contributed by atoms with Crippen LogP contribution in [0.5, 0.6) is 5.75 Å². The molecule has 0 atom stereocenters. The van der Waals surface area contributed by atoms with Crippen LogP contribution in [0.1, 0.15) is 19.8 Å². The van der Waals surface area contributed by atoms with E-state index < -0.39 is 0 Å². The van der Waals surface area contributed by atoms with E-state index in [0.29, 0.717) is 0 Å². The Morgan fingerprint density at radius 1 is 1.19 bits per heavy atom. The van der Waals surface area contributed by atoms with Gasteiger partial charge in [0, 0.05) is 17.1 Å². The number of nitrogens with two attached hydrogens (primary N) is 1. The van der Waals surface area contributed by atoms with Crippen molar-refractivity contribution in [3.63, 3.8) is 0 Å². The third kappa shape index (κ3) is 2.27. The van der Waals surface area contributed by atoms with Gasteiger partial charge < -0.3 is 10.5 Å². The molecule has 0 saturated heterocycles. The molecule has 0 aliphatic rings. The van der Waals surface area contributed by atoms with Crippen LogP contribution in [0.25, 0.3) is 10.8 Å². The Morgan fingerprint density at radius 3 is 2.81 bits per heavy atom. The topological polar surface area (TPSA) is 35.2 Å². The van der Waals surface area contributed by atoms with Gasteiger partial charge in [0.2, 0.25) is 0 Å². The predicted octanol–water partition coefficient (Wildman–Crippen LogP) is 3.60. The zero-order valence-electron chi connectivity index (χ0n) is 9.57. The molecular formula is C14H17NO. The highest BCUT2D eigenvalue weighted by Gasteiger charge is 2.02. The predicted molar refractivity (Wildman–Crippen MR) is 68.8 cm³/mol. The van der Waals surface area contributed by atoms with E-state index in [1.807, 2.05) is 24.3 Å². The number of hydrogen-bond acceptors (Lipinski definition) is 2. The summed E-state index contributed by atoms with van der Waals surface area (Å²) in [6, 6.07) is 12.0. The third-order valence-corrected chi connectivity index (χ3v) is 2.60. The lowest BCUT2D eigenvalue weighted by Crippen LogP contribution is -1.98. The first kappa shape index (κ1) is 10.8. The largest absolute Gasteiger partial charge is 0.493 e. The standard InChI is InChI=1S/C14H17NO/c1-2-3-8-16-14-10-12(15)9-11-6-4-5-7-13(11)14/h4-7,9-10H,2-3,8,15H2,1H3. The number of fused-ring (bicyclic) bond motifs is 1. The van der Waals surface area contributed by atoms with Crippen molar-refractivity contribution in [2.45, 2.75) is 19.8 Å². The van der Waals surface area contributed by atoms with E-state index in [0.717, 1.165) is 41.7 Å². The number of rotatable bonds is 4. The van der Waals surface area contributed by atoms with E-state index in [1.54, 1.807) is 0 Å². The molecule has 2 rings (SSSR count). The summed E-state index contributed by atoms with van der Waals surface area (Å²) < 4.78 is 5.76. The van der Waals surface area contributed by atoms with E-state index in [1.165, 1.54) is 0 Å². The Kier molecular flexibility index (Phi) is 3.30.